The maximum atomic E-state index is 11.5. The summed E-state index contributed by atoms with van der Waals surface area (Å²) in [5, 5.41) is 4.54. The zero-order valence-electron chi connectivity index (χ0n) is 9.02. The van der Waals surface area contributed by atoms with Gasteiger partial charge in [-0.25, -0.2) is 9.59 Å². The fraction of sp³-hybridized carbons (Fsp3) is 0.182. The molecule has 1 saturated heterocycles. The molecule has 0 bridgehead atoms. The van der Waals surface area contributed by atoms with Crippen molar-refractivity contribution in [3.8, 4) is 0 Å². The zero-order chi connectivity index (χ0) is 12.4. The van der Waals surface area contributed by atoms with E-state index in [2.05, 4.69) is 15.4 Å². The van der Waals surface area contributed by atoms with Gasteiger partial charge in [-0.2, -0.15) is 0 Å². The lowest BCUT2D eigenvalue weighted by Crippen LogP contribution is -2.22. The molecule has 0 radical (unpaired) electrons. The van der Waals surface area contributed by atoms with Crippen LogP contribution < -0.4 is 10.6 Å². The first-order valence-electron chi connectivity index (χ1n) is 4.92. The van der Waals surface area contributed by atoms with E-state index in [-0.39, 0.29) is 5.56 Å². The number of esters is 1. The molecule has 3 amide bonds. The first-order chi connectivity index (χ1) is 8.13. The SMILES string of the molecule is COC(=O)c1ccccc1C1NC(=O)NC1=O. The minimum absolute atomic E-state index is 0.261. The van der Waals surface area contributed by atoms with Crippen LogP contribution in [0.5, 0.6) is 0 Å². The van der Waals surface area contributed by atoms with Crippen molar-refractivity contribution in [3.05, 3.63) is 35.4 Å². The molecule has 6 nitrogen and oxygen atoms in total. The van der Waals surface area contributed by atoms with Crippen LogP contribution >= 0.6 is 0 Å². The third kappa shape index (κ3) is 1.96. The van der Waals surface area contributed by atoms with Crippen LogP contribution in [0, 0.1) is 0 Å². The monoisotopic (exact) mass is 234 g/mol. The van der Waals surface area contributed by atoms with Crippen LogP contribution in [0.1, 0.15) is 22.0 Å². The predicted octanol–water partition coefficient (Wildman–Crippen LogP) is 0.354. The first kappa shape index (κ1) is 11.1. The number of carbonyl (C=O) groups is 3. The second-order valence-electron chi connectivity index (χ2n) is 3.47. The first-order valence-corrected chi connectivity index (χ1v) is 4.92. The second kappa shape index (κ2) is 4.25. The molecule has 0 aliphatic carbocycles. The summed E-state index contributed by atoms with van der Waals surface area (Å²) in [6.45, 7) is 0. The van der Waals surface area contributed by atoms with Crippen molar-refractivity contribution >= 4 is 17.9 Å². The molecule has 2 rings (SSSR count). The topological polar surface area (TPSA) is 84.5 Å². The van der Waals surface area contributed by atoms with Crippen molar-refractivity contribution in [1.82, 2.24) is 10.6 Å². The number of amides is 3. The Bertz CT molecular complexity index is 498. The molecule has 17 heavy (non-hydrogen) atoms. The van der Waals surface area contributed by atoms with Crippen molar-refractivity contribution in [3.63, 3.8) is 0 Å². The van der Waals surface area contributed by atoms with Crippen LogP contribution in [0.4, 0.5) is 4.79 Å². The number of benzene rings is 1. The van der Waals surface area contributed by atoms with Gasteiger partial charge in [0.25, 0.3) is 5.91 Å². The molecule has 2 N–H and O–H groups in total. The highest BCUT2D eigenvalue weighted by Crippen LogP contribution is 2.21. The van der Waals surface area contributed by atoms with E-state index < -0.39 is 23.9 Å². The van der Waals surface area contributed by atoms with E-state index >= 15 is 0 Å². The number of rotatable bonds is 2. The molecule has 1 aromatic carbocycles. The summed E-state index contributed by atoms with van der Waals surface area (Å²) in [6.07, 6.45) is 0. The molecule has 1 heterocycles. The molecule has 88 valence electrons. The van der Waals surface area contributed by atoms with Crippen molar-refractivity contribution in [2.75, 3.05) is 7.11 Å². The Morgan fingerprint density at radius 1 is 1.29 bits per heavy atom. The summed E-state index contributed by atoms with van der Waals surface area (Å²) in [7, 11) is 1.26. The van der Waals surface area contributed by atoms with Gasteiger partial charge in [-0.3, -0.25) is 10.1 Å². The molecule has 1 fully saturated rings. The minimum atomic E-state index is -0.849. The number of hydrogen-bond acceptors (Lipinski definition) is 4. The fourth-order valence-corrected chi connectivity index (χ4v) is 1.68. The van der Waals surface area contributed by atoms with Crippen molar-refractivity contribution in [1.29, 1.82) is 0 Å². The largest absolute Gasteiger partial charge is 0.465 e. The van der Waals surface area contributed by atoms with Crippen LogP contribution in [0.3, 0.4) is 0 Å². The van der Waals surface area contributed by atoms with Gasteiger partial charge in [0.1, 0.15) is 6.04 Å². The zero-order valence-corrected chi connectivity index (χ0v) is 9.02. The fourth-order valence-electron chi connectivity index (χ4n) is 1.68. The number of nitrogens with one attached hydrogen (secondary N) is 2. The molecule has 1 aromatic rings. The summed E-state index contributed by atoms with van der Waals surface area (Å²) in [5.74, 6) is -1.03. The molecule has 0 saturated carbocycles. The predicted molar refractivity (Wildman–Crippen MR) is 57.2 cm³/mol. The molecule has 0 aromatic heterocycles. The van der Waals surface area contributed by atoms with Gasteiger partial charge in [-0.15, -0.1) is 0 Å². The third-order valence-corrected chi connectivity index (χ3v) is 2.45. The highest BCUT2D eigenvalue weighted by Gasteiger charge is 2.33. The number of ether oxygens (including phenoxy) is 1. The average molecular weight is 234 g/mol. The van der Waals surface area contributed by atoms with Crippen LogP contribution in [-0.2, 0) is 9.53 Å². The Balaban J connectivity index is 2.42. The van der Waals surface area contributed by atoms with E-state index in [1.54, 1.807) is 24.3 Å². The summed E-state index contributed by atoms with van der Waals surface area (Å²) < 4.78 is 4.62. The Hall–Kier alpha value is -2.37. The van der Waals surface area contributed by atoms with Gasteiger partial charge >= 0.3 is 12.0 Å². The lowest BCUT2D eigenvalue weighted by Gasteiger charge is -2.11. The van der Waals surface area contributed by atoms with Crippen LogP contribution in [0.25, 0.3) is 0 Å². The average Bonchev–Trinajstić information content (AvgIpc) is 2.67. The molecular weight excluding hydrogens is 224 g/mol. The maximum absolute atomic E-state index is 11.5. The number of urea groups is 1. The molecule has 1 atom stereocenters. The normalized spacial score (nSPS) is 18.5. The Labute approximate surface area is 96.9 Å². The maximum Gasteiger partial charge on any atom is 0.338 e. The third-order valence-electron chi connectivity index (χ3n) is 2.45. The molecule has 1 unspecified atom stereocenters. The van der Waals surface area contributed by atoms with E-state index in [0.717, 1.165) is 0 Å². The van der Waals surface area contributed by atoms with Crippen molar-refractivity contribution < 1.29 is 19.1 Å². The number of imide groups is 1. The summed E-state index contributed by atoms with van der Waals surface area (Å²) in [6, 6.07) is 5.06. The van der Waals surface area contributed by atoms with Gasteiger partial charge < -0.3 is 10.1 Å². The van der Waals surface area contributed by atoms with Crippen LogP contribution in [0.2, 0.25) is 0 Å². The summed E-state index contributed by atoms with van der Waals surface area (Å²) in [4.78, 5) is 34.0. The minimum Gasteiger partial charge on any atom is -0.465 e. The Morgan fingerprint density at radius 2 is 2.00 bits per heavy atom. The van der Waals surface area contributed by atoms with Gasteiger partial charge in [-0.1, -0.05) is 18.2 Å². The van der Waals surface area contributed by atoms with Crippen molar-refractivity contribution in [2.24, 2.45) is 0 Å². The Morgan fingerprint density at radius 3 is 2.59 bits per heavy atom. The molecule has 0 spiro atoms. The van der Waals surface area contributed by atoms with E-state index in [1.807, 2.05) is 0 Å². The summed E-state index contributed by atoms with van der Waals surface area (Å²) in [5.41, 5.74) is 0.681. The van der Waals surface area contributed by atoms with E-state index in [0.29, 0.717) is 5.56 Å². The lowest BCUT2D eigenvalue weighted by atomic mass is 10.0. The summed E-state index contributed by atoms with van der Waals surface area (Å²) >= 11 is 0. The van der Waals surface area contributed by atoms with E-state index in [9.17, 15) is 14.4 Å². The van der Waals surface area contributed by atoms with Gasteiger partial charge in [0, 0.05) is 0 Å². The number of carbonyl (C=O) groups excluding carboxylic acids is 3. The number of methoxy groups -OCH3 is 1. The van der Waals surface area contributed by atoms with E-state index in [1.165, 1.54) is 7.11 Å². The molecule has 1 aliphatic heterocycles. The highest BCUT2D eigenvalue weighted by molar-refractivity contribution is 6.06. The molecule has 6 heteroatoms. The Kier molecular flexibility index (Phi) is 2.78. The van der Waals surface area contributed by atoms with Crippen LogP contribution in [-0.4, -0.2) is 25.0 Å². The number of hydrogen-bond donors (Lipinski definition) is 2. The van der Waals surface area contributed by atoms with Crippen molar-refractivity contribution in [2.45, 2.75) is 6.04 Å². The van der Waals surface area contributed by atoms with Gasteiger partial charge in [0.15, 0.2) is 0 Å². The standard InChI is InChI=1S/C11H10N2O4/c1-17-10(15)7-5-3-2-4-6(7)8-9(14)13-11(16)12-8/h2-5,8H,1H3,(H2,12,13,14,16). The highest BCUT2D eigenvalue weighted by atomic mass is 16.5. The molecular formula is C11H10N2O4. The smallest absolute Gasteiger partial charge is 0.338 e. The van der Waals surface area contributed by atoms with Crippen LogP contribution in [0.15, 0.2) is 24.3 Å². The van der Waals surface area contributed by atoms with E-state index in [4.69, 9.17) is 0 Å². The van der Waals surface area contributed by atoms with Gasteiger partial charge in [0.2, 0.25) is 0 Å². The van der Waals surface area contributed by atoms with Gasteiger partial charge in [-0.05, 0) is 11.6 Å². The quantitative estimate of drug-likeness (QED) is 0.571. The second-order valence-corrected chi connectivity index (χ2v) is 3.47. The van der Waals surface area contributed by atoms with Gasteiger partial charge in [0.05, 0.1) is 12.7 Å². The molecule has 1 aliphatic rings. The lowest BCUT2D eigenvalue weighted by molar-refractivity contribution is -0.120.